The zero-order chi connectivity index (χ0) is 20.2. The molecule has 160 valence electrons. The van der Waals surface area contributed by atoms with Gasteiger partial charge in [-0.3, -0.25) is 0 Å². The van der Waals surface area contributed by atoms with Crippen molar-refractivity contribution < 1.29 is 18.3 Å². The van der Waals surface area contributed by atoms with Crippen molar-refractivity contribution in [3.63, 3.8) is 0 Å². The fraction of sp³-hybridized carbons (Fsp3) is 0.381. The normalized spacial score (nSPS) is 11.0. The van der Waals surface area contributed by atoms with Gasteiger partial charge < -0.3 is 20.1 Å². The SMILES string of the molecule is CCOCCCNC(=NCc1ccc(OC)cc1)NCc1cc(F)ccc1F.I. The van der Waals surface area contributed by atoms with Crippen molar-refractivity contribution in [2.75, 3.05) is 26.9 Å². The minimum atomic E-state index is -0.473. The molecule has 0 unspecified atom stereocenters. The van der Waals surface area contributed by atoms with Crippen LogP contribution in [0.3, 0.4) is 0 Å². The molecule has 2 N–H and O–H groups in total. The molecule has 2 aromatic carbocycles. The molecule has 2 rings (SSSR count). The highest BCUT2D eigenvalue weighted by Crippen LogP contribution is 2.12. The van der Waals surface area contributed by atoms with Gasteiger partial charge in [0, 0.05) is 31.9 Å². The van der Waals surface area contributed by atoms with Crippen LogP contribution >= 0.6 is 24.0 Å². The number of hydrogen-bond donors (Lipinski definition) is 2. The second-order valence-corrected chi connectivity index (χ2v) is 6.08. The molecule has 0 saturated heterocycles. The van der Waals surface area contributed by atoms with Gasteiger partial charge in [-0.05, 0) is 49.2 Å². The lowest BCUT2D eigenvalue weighted by molar-refractivity contribution is 0.145. The first-order valence-electron chi connectivity index (χ1n) is 9.29. The van der Waals surface area contributed by atoms with Crippen LogP contribution in [0.2, 0.25) is 0 Å². The van der Waals surface area contributed by atoms with Gasteiger partial charge in [-0.1, -0.05) is 12.1 Å². The molecule has 0 amide bonds. The zero-order valence-corrected chi connectivity index (χ0v) is 19.0. The van der Waals surface area contributed by atoms with E-state index in [0.717, 1.165) is 29.9 Å². The third kappa shape index (κ3) is 9.40. The van der Waals surface area contributed by atoms with Gasteiger partial charge in [-0.2, -0.15) is 0 Å². The molecule has 8 heteroatoms. The molecular formula is C21H28F2IN3O2. The molecule has 0 aliphatic carbocycles. The summed E-state index contributed by atoms with van der Waals surface area (Å²) in [5.74, 6) is 0.372. The molecule has 5 nitrogen and oxygen atoms in total. The number of nitrogens with zero attached hydrogens (tertiary/aromatic N) is 1. The molecule has 2 aromatic rings. The molecule has 0 saturated carbocycles. The van der Waals surface area contributed by atoms with Crippen molar-refractivity contribution >= 4 is 29.9 Å². The Hall–Kier alpha value is -1.94. The van der Waals surface area contributed by atoms with Gasteiger partial charge in [0.1, 0.15) is 17.4 Å². The van der Waals surface area contributed by atoms with Crippen LogP contribution in [0.5, 0.6) is 5.75 Å². The topological polar surface area (TPSA) is 54.9 Å². The molecule has 0 aliphatic rings. The predicted octanol–water partition coefficient (Wildman–Crippen LogP) is 4.25. The molecule has 29 heavy (non-hydrogen) atoms. The highest BCUT2D eigenvalue weighted by atomic mass is 127. The summed E-state index contributed by atoms with van der Waals surface area (Å²) in [6, 6.07) is 11.0. The average molecular weight is 519 g/mol. The van der Waals surface area contributed by atoms with Crippen LogP contribution in [0.15, 0.2) is 47.5 Å². The van der Waals surface area contributed by atoms with Crippen molar-refractivity contribution in [2.45, 2.75) is 26.4 Å². The number of rotatable bonds is 10. The first kappa shape index (κ1) is 25.1. The molecule has 0 radical (unpaired) electrons. The summed E-state index contributed by atoms with van der Waals surface area (Å²) in [6.07, 6.45) is 0.811. The van der Waals surface area contributed by atoms with E-state index in [4.69, 9.17) is 9.47 Å². The van der Waals surface area contributed by atoms with Crippen molar-refractivity contribution in [1.82, 2.24) is 10.6 Å². The van der Waals surface area contributed by atoms with Gasteiger partial charge in [0.15, 0.2) is 5.96 Å². The van der Waals surface area contributed by atoms with E-state index in [0.29, 0.717) is 32.3 Å². The highest BCUT2D eigenvalue weighted by Gasteiger charge is 2.06. The van der Waals surface area contributed by atoms with E-state index in [2.05, 4.69) is 15.6 Å². The number of guanidine groups is 1. The lowest BCUT2D eigenvalue weighted by Gasteiger charge is -2.13. The zero-order valence-electron chi connectivity index (χ0n) is 16.7. The number of benzene rings is 2. The Bertz CT molecular complexity index is 758. The van der Waals surface area contributed by atoms with E-state index in [1.165, 1.54) is 6.07 Å². The quantitative estimate of drug-likeness (QED) is 0.213. The van der Waals surface area contributed by atoms with Crippen molar-refractivity contribution in [3.05, 3.63) is 65.2 Å². The van der Waals surface area contributed by atoms with Crippen LogP contribution < -0.4 is 15.4 Å². The van der Waals surface area contributed by atoms with Crippen LogP contribution in [-0.4, -0.2) is 32.8 Å². The minimum Gasteiger partial charge on any atom is -0.497 e. The Morgan fingerprint density at radius 3 is 2.52 bits per heavy atom. The highest BCUT2D eigenvalue weighted by molar-refractivity contribution is 14.0. The predicted molar refractivity (Wildman–Crippen MR) is 122 cm³/mol. The first-order valence-corrected chi connectivity index (χ1v) is 9.29. The molecule has 0 bridgehead atoms. The van der Waals surface area contributed by atoms with E-state index in [1.807, 2.05) is 31.2 Å². The van der Waals surface area contributed by atoms with Gasteiger partial charge in [0.2, 0.25) is 0 Å². The summed E-state index contributed by atoms with van der Waals surface area (Å²) < 4.78 is 37.7. The fourth-order valence-electron chi connectivity index (χ4n) is 2.46. The lowest BCUT2D eigenvalue weighted by Crippen LogP contribution is -2.38. The Morgan fingerprint density at radius 2 is 1.83 bits per heavy atom. The van der Waals surface area contributed by atoms with E-state index >= 15 is 0 Å². The summed E-state index contributed by atoms with van der Waals surface area (Å²) in [5, 5.41) is 6.25. The Balaban J connectivity index is 0.00000420. The van der Waals surface area contributed by atoms with Crippen molar-refractivity contribution in [2.24, 2.45) is 4.99 Å². The summed E-state index contributed by atoms with van der Waals surface area (Å²) in [7, 11) is 1.62. The summed E-state index contributed by atoms with van der Waals surface area (Å²) in [6.45, 7) is 4.49. The molecule has 0 heterocycles. The average Bonchev–Trinajstić information content (AvgIpc) is 2.72. The minimum absolute atomic E-state index is 0. The van der Waals surface area contributed by atoms with Gasteiger partial charge in [-0.25, -0.2) is 13.8 Å². The van der Waals surface area contributed by atoms with Gasteiger partial charge >= 0.3 is 0 Å². The smallest absolute Gasteiger partial charge is 0.191 e. The van der Waals surface area contributed by atoms with Crippen LogP contribution in [0, 0.1) is 11.6 Å². The second kappa shape index (κ2) is 14.1. The van der Waals surface area contributed by atoms with Crippen LogP contribution in [0.1, 0.15) is 24.5 Å². The van der Waals surface area contributed by atoms with E-state index < -0.39 is 11.6 Å². The third-order valence-electron chi connectivity index (χ3n) is 3.99. The largest absolute Gasteiger partial charge is 0.497 e. The number of halogens is 3. The third-order valence-corrected chi connectivity index (χ3v) is 3.99. The maximum atomic E-state index is 13.8. The van der Waals surface area contributed by atoms with Gasteiger partial charge in [0.05, 0.1) is 13.7 Å². The lowest BCUT2D eigenvalue weighted by atomic mass is 10.2. The van der Waals surface area contributed by atoms with Gasteiger partial charge in [0.25, 0.3) is 0 Å². The summed E-state index contributed by atoms with van der Waals surface area (Å²) in [5.41, 5.74) is 1.25. The number of ether oxygens (including phenoxy) is 2. The van der Waals surface area contributed by atoms with E-state index in [-0.39, 0.29) is 36.1 Å². The fourth-order valence-corrected chi connectivity index (χ4v) is 2.46. The first-order chi connectivity index (χ1) is 13.6. The van der Waals surface area contributed by atoms with Crippen molar-refractivity contribution in [1.29, 1.82) is 0 Å². The van der Waals surface area contributed by atoms with Crippen LogP contribution in [-0.2, 0) is 17.8 Å². The Morgan fingerprint density at radius 1 is 1.07 bits per heavy atom. The molecule has 0 atom stereocenters. The second-order valence-electron chi connectivity index (χ2n) is 6.08. The molecule has 0 aliphatic heterocycles. The Kier molecular flexibility index (Phi) is 12.2. The summed E-state index contributed by atoms with van der Waals surface area (Å²) >= 11 is 0. The number of aliphatic imine (C=N–C) groups is 1. The number of methoxy groups -OCH3 is 1. The molecule has 0 aromatic heterocycles. The molecular weight excluding hydrogens is 491 g/mol. The van der Waals surface area contributed by atoms with Crippen LogP contribution in [0.4, 0.5) is 8.78 Å². The molecule has 0 fully saturated rings. The van der Waals surface area contributed by atoms with E-state index in [1.54, 1.807) is 7.11 Å². The molecule has 0 spiro atoms. The maximum Gasteiger partial charge on any atom is 0.191 e. The van der Waals surface area contributed by atoms with Crippen molar-refractivity contribution in [3.8, 4) is 5.75 Å². The Labute approximate surface area is 187 Å². The van der Waals surface area contributed by atoms with Gasteiger partial charge in [-0.15, -0.1) is 24.0 Å². The summed E-state index contributed by atoms with van der Waals surface area (Å²) in [4.78, 5) is 4.53. The monoisotopic (exact) mass is 519 g/mol. The maximum absolute atomic E-state index is 13.8. The number of nitrogens with one attached hydrogen (secondary N) is 2. The van der Waals surface area contributed by atoms with Crippen LogP contribution in [0.25, 0.3) is 0 Å². The number of hydrogen-bond acceptors (Lipinski definition) is 3. The van der Waals surface area contributed by atoms with E-state index in [9.17, 15) is 8.78 Å². The standard InChI is InChI=1S/C21H27F2N3O2.HI/c1-3-28-12-4-11-24-21(25-14-16-5-8-19(27-2)9-6-16)26-15-17-13-18(22)7-10-20(17)23;/h5-10,13H,3-4,11-12,14-15H2,1-2H3,(H2,24,25,26);1H.